The van der Waals surface area contributed by atoms with Gasteiger partial charge >= 0.3 is 0 Å². The molecule has 0 atom stereocenters. The predicted molar refractivity (Wildman–Crippen MR) is 123 cm³/mol. The fourth-order valence-corrected chi connectivity index (χ4v) is 5.15. The number of morpholine rings is 1. The third-order valence-corrected chi connectivity index (χ3v) is 7.63. The number of nitrogens with one attached hydrogen (secondary N) is 2. The number of hydrogen-bond acceptors (Lipinski definition) is 6. The van der Waals surface area contributed by atoms with Crippen LogP contribution in [0.3, 0.4) is 0 Å². The highest BCUT2D eigenvalue weighted by Gasteiger charge is 2.31. The summed E-state index contributed by atoms with van der Waals surface area (Å²) in [6.45, 7) is 2.94. The second-order valence-corrected chi connectivity index (χ2v) is 10.0. The average molecular weight is 474 g/mol. The second-order valence-electron chi connectivity index (χ2n) is 8.13. The second kappa shape index (κ2) is 9.50. The monoisotopic (exact) mass is 473 g/mol. The minimum absolute atomic E-state index is 0.0238. The van der Waals surface area contributed by atoms with Gasteiger partial charge < -0.3 is 20.1 Å². The van der Waals surface area contributed by atoms with Gasteiger partial charge in [-0.1, -0.05) is 6.07 Å². The van der Waals surface area contributed by atoms with E-state index in [9.17, 15) is 18.0 Å². The minimum atomic E-state index is -3.86. The van der Waals surface area contributed by atoms with Crippen molar-refractivity contribution >= 4 is 33.2 Å². The number of sulfonamides is 1. The van der Waals surface area contributed by atoms with E-state index in [0.717, 1.165) is 18.4 Å². The molecule has 1 aliphatic carbocycles. The molecule has 0 spiro atoms. The molecule has 0 bridgehead atoms. The quantitative estimate of drug-likeness (QED) is 0.639. The van der Waals surface area contributed by atoms with Gasteiger partial charge in [-0.15, -0.1) is 0 Å². The summed E-state index contributed by atoms with van der Waals surface area (Å²) in [7, 11) is -2.48. The molecule has 4 rings (SSSR count). The van der Waals surface area contributed by atoms with Gasteiger partial charge in [0.05, 0.1) is 20.3 Å². The molecule has 2 N–H and O–H groups in total. The molecule has 176 valence electrons. The molecule has 2 aromatic rings. The normalized spacial score (nSPS) is 16.8. The van der Waals surface area contributed by atoms with E-state index in [1.54, 1.807) is 18.2 Å². The van der Waals surface area contributed by atoms with Gasteiger partial charge in [-0.3, -0.25) is 9.59 Å². The smallest absolute Gasteiger partial charge is 0.255 e. The first-order valence-electron chi connectivity index (χ1n) is 10.8. The summed E-state index contributed by atoms with van der Waals surface area (Å²) in [5.41, 5.74) is 2.11. The van der Waals surface area contributed by atoms with Crippen molar-refractivity contribution in [1.29, 1.82) is 0 Å². The van der Waals surface area contributed by atoms with Crippen LogP contribution < -0.4 is 15.4 Å². The molecule has 2 amide bonds. The van der Waals surface area contributed by atoms with Gasteiger partial charge in [0, 0.05) is 35.9 Å². The molecule has 10 heteroatoms. The van der Waals surface area contributed by atoms with Crippen molar-refractivity contribution in [3.05, 3.63) is 47.5 Å². The van der Waals surface area contributed by atoms with Crippen LogP contribution in [0.1, 0.15) is 28.8 Å². The van der Waals surface area contributed by atoms with E-state index in [4.69, 9.17) is 9.47 Å². The fraction of sp³-hybridized carbons (Fsp3) is 0.391. The number of carbonyl (C=O) groups is 2. The first-order valence-corrected chi connectivity index (χ1v) is 12.2. The molecule has 9 nitrogen and oxygen atoms in total. The van der Waals surface area contributed by atoms with Crippen LogP contribution >= 0.6 is 0 Å². The Morgan fingerprint density at radius 1 is 1.06 bits per heavy atom. The van der Waals surface area contributed by atoms with Crippen molar-refractivity contribution in [1.82, 2.24) is 4.31 Å². The van der Waals surface area contributed by atoms with Crippen LogP contribution in [-0.4, -0.2) is 58.0 Å². The summed E-state index contributed by atoms with van der Waals surface area (Å²) >= 11 is 0. The number of rotatable bonds is 7. The van der Waals surface area contributed by atoms with Gasteiger partial charge in [0.1, 0.15) is 10.6 Å². The molecule has 2 aliphatic rings. The molecule has 2 aromatic carbocycles. The largest absolute Gasteiger partial charge is 0.495 e. The topological polar surface area (TPSA) is 114 Å². The predicted octanol–water partition coefficient (Wildman–Crippen LogP) is 2.63. The summed E-state index contributed by atoms with van der Waals surface area (Å²) in [6.07, 6.45) is 1.79. The maximum absolute atomic E-state index is 13.2. The number of amides is 2. The molecular weight excluding hydrogens is 446 g/mol. The van der Waals surface area contributed by atoms with Crippen LogP contribution in [0.25, 0.3) is 0 Å². The third kappa shape index (κ3) is 5.18. The molecule has 1 heterocycles. The molecule has 2 fully saturated rings. The Hall–Kier alpha value is -2.95. The highest BCUT2D eigenvalue weighted by atomic mass is 32.2. The van der Waals surface area contributed by atoms with Crippen molar-refractivity contribution in [2.45, 2.75) is 24.7 Å². The van der Waals surface area contributed by atoms with Gasteiger partial charge in [-0.05, 0) is 55.7 Å². The van der Waals surface area contributed by atoms with Gasteiger partial charge in [0.25, 0.3) is 5.91 Å². The van der Waals surface area contributed by atoms with Crippen molar-refractivity contribution in [2.75, 3.05) is 44.0 Å². The Labute approximate surface area is 193 Å². The summed E-state index contributed by atoms with van der Waals surface area (Å²) < 4.78 is 38.2. The number of hydrogen-bond donors (Lipinski definition) is 2. The highest BCUT2D eigenvalue weighted by molar-refractivity contribution is 7.89. The standard InChI is InChI=1S/C23H27N3O6S/c1-15-3-7-18(24-22(27)16-4-5-16)14-19(15)25-23(28)17-6-8-20(31-2)21(13-17)33(29,30)26-9-11-32-12-10-26/h3,6-8,13-14,16H,4-5,9-12H2,1-2H3,(H,24,27)(H,25,28). The summed E-state index contributed by atoms with van der Waals surface area (Å²) in [6, 6.07) is 9.60. The molecule has 1 saturated carbocycles. The van der Waals surface area contributed by atoms with Gasteiger partial charge in [-0.25, -0.2) is 8.42 Å². The van der Waals surface area contributed by atoms with Crippen molar-refractivity contribution in [2.24, 2.45) is 5.92 Å². The Balaban J connectivity index is 1.57. The van der Waals surface area contributed by atoms with Gasteiger partial charge in [-0.2, -0.15) is 4.31 Å². The summed E-state index contributed by atoms with van der Waals surface area (Å²) in [5.74, 6) is -0.261. The van der Waals surface area contributed by atoms with E-state index in [-0.39, 0.29) is 41.1 Å². The first-order chi connectivity index (χ1) is 15.8. The van der Waals surface area contributed by atoms with Crippen molar-refractivity contribution in [3.8, 4) is 5.75 Å². The number of carbonyl (C=O) groups excluding carboxylic acids is 2. The Bertz CT molecular complexity index is 1170. The lowest BCUT2D eigenvalue weighted by Crippen LogP contribution is -2.40. The van der Waals surface area contributed by atoms with Crippen LogP contribution in [0.15, 0.2) is 41.3 Å². The van der Waals surface area contributed by atoms with E-state index in [2.05, 4.69) is 10.6 Å². The Morgan fingerprint density at radius 3 is 2.45 bits per heavy atom. The molecule has 0 unspecified atom stereocenters. The Kier molecular flexibility index (Phi) is 6.68. The fourth-order valence-electron chi connectivity index (χ4n) is 3.56. The van der Waals surface area contributed by atoms with E-state index in [1.807, 2.05) is 6.92 Å². The Morgan fingerprint density at radius 2 is 1.79 bits per heavy atom. The van der Waals surface area contributed by atoms with E-state index in [0.29, 0.717) is 24.6 Å². The molecule has 1 saturated heterocycles. The van der Waals surface area contributed by atoms with Gasteiger partial charge in [0.2, 0.25) is 15.9 Å². The van der Waals surface area contributed by atoms with Crippen LogP contribution in [0.4, 0.5) is 11.4 Å². The lowest BCUT2D eigenvalue weighted by molar-refractivity contribution is -0.117. The number of nitrogens with zero attached hydrogens (tertiary/aromatic N) is 1. The van der Waals surface area contributed by atoms with Gasteiger partial charge in [0.15, 0.2) is 0 Å². The van der Waals surface area contributed by atoms with Crippen LogP contribution in [-0.2, 0) is 19.6 Å². The maximum Gasteiger partial charge on any atom is 0.255 e. The molecule has 0 aromatic heterocycles. The number of ether oxygens (including phenoxy) is 2. The number of benzene rings is 2. The lowest BCUT2D eigenvalue weighted by atomic mass is 10.1. The van der Waals surface area contributed by atoms with E-state index < -0.39 is 15.9 Å². The van der Waals surface area contributed by atoms with Crippen molar-refractivity contribution < 1.29 is 27.5 Å². The zero-order chi connectivity index (χ0) is 23.6. The zero-order valence-electron chi connectivity index (χ0n) is 18.6. The molecular formula is C23H27N3O6S. The lowest BCUT2D eigenvalue weighted by Gasteiger charge is -2.26. The summed E-state index contributed by atoms with van der Waals surface area (Å²) in [4.78, 5) is 25.0. The SMILES string of the molecule is COc1ccc(C(=O)Nc2cc(NC(=O)C3CC3)ccc2C)cc1S(=O)(=O)N1CCOCC1. The minimum Gasteiger partial charge on any atom is -0.495 e. The number of aryl methyl sites for hydroxylation is 1. The number of methoxy groups -OCH3 is 1. The first kappa shape index (κ1) is 23.2. The average Bonchev–Trinajstić information content (AvgIpc) is 3.67. The zero-order valence-corrected chi connectivity index (χ0v) is 19.4. The third-order valence-electron chi connectivity index (χ3n) is 5.72. The highest BCUT2D eigenvalue weighted by Crippen LogP contribution is 2.31. The number of anilines is 2. The van der Waals surface area contributed by atoms with E-state index in [1.165, 1.54) is 29.6 Å². The van der Waals surface area contributed by atoms with Crippen molar-refractivity contribution in [3.63, 3.8) is 0 Å². The molecule has 0 radical (unpaired) electrons. The van der Waals surface area contributed by atoms with Crippen LogP contribution in [0.2, 0.25) is 0 Å². The molecule has 33 heavy (non-hydrogen) atoms. The maximum atomic E-state index is 13.2. The van der Waals surface area contributed by atoms with E-state index >= 15 is 0 Å². The summed E-state index contributed by atoms with van der Waals surface area (Å²) in [5, 5.41) is 5.68. The van der Waals surface area contributed by atoms with Crippen LogP contribution in [0, 0.1) is 12.8 Å². The molecule has 1 aliphatic heterocycles. The van der Waals surface area contributed by atoms with Crippen LogP contribution in [0.5, 0.6) is 5.75 Å².